The van der Waals surface area contributed by atoms with Gasteiger partial charge in [0, 0.05) is 13.0 Å². The van der Waals surface area contributed by atoms with Gasteiger partial charge in [-0.05, 0) is 54.5 Å². The van der Waals surface area contributed by atoms with Gasteiger partial charge in [0.25, 0.3) is 5.56 Å². The van der Waals surface area contributed by atoms with Gasteiger partial charge in [-0.2, -0.15) is 0 Å². The van der Waals surface area contributed by atoms with Gasteiger partial charge in [0.05, 0.1) is 22.6 Å². The van der Waals surface area contributed by atoms with Gasteiger partial charge in [0.2, 0.25) is 5.91 Å². The zero-order chi connectivity index (χ0) is 24.2. The summed E-state index contributed by atoms with van der Waals surface area (Å²) in [7, 11) is 0. The molecule has 0 aliphatic rings. The average Bonchev–Trinajstić information content (AvgIpc) is 2.78. The highest BCUT2D eigenvalue weighted by atomic mass is 16.2. The number of aryl methyl sites for hydroxylation is 1. The lowest BCUT2D eigenvalue weighted by Crippen LogP contribution is -2.40. The van der Waals surface area contributed by atoms with Crippen LogP contribution in [0.2, 0.25) is 0 Å². The van der Waals surface area contributed by atoms with Crippen LogP contribution in [-0.4, -0.2) is 26.9 Å². The van der Waals surface area contributed by atoms with Crippen molar-refractivity contribution in [3.05, 3.63) is 70.3 Å². The Bertz CT molecular complexity index is 1160. The van der Waals surface area contributed by atoms with E-state index in [4.69, 9.17) is 4.98 Å². The number of hydrogen-bond acceptors (Lipinski definition) is 3. The molecule has 2 aromatic carbocycles. The predicted octanol–water partition coefficient (Wildman–Crippen LogP) is 6.07. The van der Waals surface area contributed by atoms with E-state index in [2.05, 4.69) is 53.7 Å². The molecule has 33 heavy (non-hydrogen) atoms. The molecule has 1 amide bonds. The lowest BCUT2D eigenvalue weighted by atomic mass is 9.91. The van der Waals surface area contributed by atoms with E-state index >= 15 is 0 Å². The third-order valence-corrected chi connectivity index (χ3v) is 5.93. The highest BCUT2D eigenvalue weighted by Crippen LogP contribution is 2.29. The summed E-state index contributed by atoms with van der Waals surface area (Å²) in [6.45, 7) is 13.1. The number of fused-ring (bicyclic) bond motifs is 1. The second-order valence-corrected chi connectivity index (χ2v) is 9.90. The van der Waals surface area contributed by atoms with Crippen LogP contribution in [0.5, 0.6) is 0 Å². The third-order valence-electron chi connectivity index (χ3n) is 5.93. The lowest BCUT2D eigenvalue weighted by molar-refractivity contribution is -0.136. The molecule has 176 valence electrons. The fraction of sp³-hybridized carbons (Fsp3) is 0.464. The van der Waals surface area contributed by atoms with Crippen LogP contribution in [0.3, 0.4) is 0 Å². The topological polar surface area (TPSA) is 55.2 Å². The van der Waals surface area contributed by atoms with Crippen LogP contribution >= 0.6 is 0 Å². The number of hydrogen-bond donors (Lipinski definition) is 0. The zero-order valence-corrected chi connectivity index (χ0v) is 20.9. The molecule has 3 rings (SSSR count). The third kappa shape index (κ3) is 5.52. The van der Waals surface area contributed by atoms with Gasteiger partial charge in [0.15, 0.2) is 0 Å². The smallest absolute Gasteiger partial charge is 0.266 e. The second-order valence-electron chi connectivity index (χ2n) is 9.90. The Kier molecular flexibility index (Phi) is 7.72. The van der Waals surface area contributed by atoms with E-state index in [9.17, 15) is 9.59 Å². The van der Waals surface area contributed by atoms with Crippen LogP contribution in [-0.2, 0) is 11.2 Å². The Balaban J connectivity index is 2.25. The van der Waals surface area contributed by atoms with E-state index in [1.807, 2.05) is 41.3 Å². The van der Waals surface area contributed by atoms with Gasteiger partial charge >= 0.3 is 0 Å². The van der Waals surface area contributed by atoms with Crippen molar-refractivity contribution in [2.24, 2.45) is 5.41 Å². The van der Waals surface area contributed by atoms with Crippen molar-refractivity contribution in [3.8, 4) is 5.69 Å². The van der Waals surface area contributed by atoms with Gasteiger partial charge in [-0.1, -0.05) is 65.8 Å². The van der Waals surface area contributed by atoms with E-state index in [0.717, 1.165) is 18.5 Å². The molecule has 0 radical (unpaired) electrons. The number of benzene rings is 2. The minimum atomic E-state index is -0.289. The van der Waals surface area contributed by atoms with Gasteiger partial charge in [-0.15, -0.1) is 0 Å². The Morgan fingerprint density at radius 1 is 1.03 bits per heavy atom. The monoisotopic (exact) mass is 447 g/mol. The molecule has 0 aliphatic heterocycles. The maximum absolute atomic E-state index is 13.7. The SMILES string of the molecule is CCCN(C(=O)CC(C)(C)C)C(CC)c1nc2ccccc2c(=O)n1-c1ccc(CC)cc1. The number of para-hydroxylation sites is 1. The summed E-state index contributed by atoms with van der Waals surface area (Å²) in [6.07, 6.45) is 2.90. The first-order valence-corrected chi connectivity index (χ1v) is 12.1. The van der Waals surface area contributed by atoms with E-state index in [-0.39, 0.29) is 22.9 Å². The van der Waals surface area contributed by atoms with Crippen LogP contribution in [0.15, 0.2) is 53.3 Å². The van der Waals surface area contributed by atoms with Crippen molar-refractivity contribution in [1.29, 1.82) is 0 Å². The molecule has 1 aromatic heterocycles. The standard InChI is InChI=1S/C28H37N3O2/c1-7-18-30(25(32)19-28(4,5)6)24(9-3)26-29-23-13-11-10-12-22(23)27(33)31(26)21-16-14-20(8-2)15-17-21/h10-17,24H,7-9,18-19H2,1-6H3. The van der Waals surface area contributed by atoms with Gasteiger partial charge < -0.3 is 4.90 Å². The summed E-state index contributed by atoms with van der Waals surface area (Å²) >= 11 is 0. The number of nitrogens with zero attached hydrogens (tertiary/aromatic N) is 3. The van der Waals surface area contributed by atoms with Gasteiger partial charge in [0.1, 0.15) is 5.82 Å². The van der Waals surface area contributed by atoms with Crippen LogP contribution in [0.4, 0.5) is 0 Å². The normalized spacial score (nSPS) is 12.7. The highest BCUT2D eigenvalue weighted by Gasteiger charge is 2.30. The lowest BCUT2D eigenvalue weighted by Gasteiger charge is -2.34. The summed E-state index contributed by atoms with van der Waals surface area (Å²) < 4.78 is 1.71. The molecule has 0 bridgehead atoms. The molecule has 0 saturated heterocycles. The predicted molar refractivity (Wildman–Crippen MR) is 136 cm³/mol. The van der Waals surface area contributed by atoms with Crippen LogP contribution in [0.1, 0.15) is 78.2 Å². The summed E-state index contributed by atoms with van der Waals surface area (Å²) in [5, 5.41) is 0.582. The van der Waals surface area contributed by atoms with E-state index in [1.165, 1.54) is 5.56 Å². The molecular weight excluding hydrogens is 410 g/mol. The Labute approximate surface area is 197 Å². The first-order chi connectivity index (χ1) is 15.7. The Hall–Kier alpha value is -2.95. The maximum atomic E-state index is 13.7. The van der Waals surface area contributed by atoms with Crippen molar-refractivity contribution < 1.29 is 4.79 Å². The van der Waals surface area contributed by atoms with E-state index in [0.29, 0.717) is 36.1 Å². The van der Waals surface area contributed by atoms with E-state index in [1.54, 1.807) is 4.57 Å². The van der Waals surface area contributed by atoms with Gasteiger partial charge in [-0.25, -0.2) is 4.98 Å². The summed E-state index contributed by atoms with van der Waals surface area (Å²) in [5.41, 5.74) is 2.44. The minimum Gasteiger partial charge on any atom is -0.332 e. The molecule has 5 nitrogen and oxygen atoms in total. The second kappa shape index (κ2) is 10.3. The largest absolute Gasteiger partial charge is 0.332 e. The first kappa shape index (κ1) is 24.7. The fourth-order valence-corrected chi connectivity index (χ4v) is 4.30. The molecule has 5 heteroatoms. The Morgan fingerprint density at radius 3 is 2.27 bits per heavy atom. The number of amides is 1. The van der Waals surface area contributed by atoms with Crippen molar-refractivity contribution >= 4 is 16.8 Å². The molecule has 1 heterocycles. The Morgan fingerprint density at radius 2 is 1.70 bits per heavy atom. The summed E-state index contributed by atoms with van der Waals surface area (Å²) in [5.74, 6) is 0.729. The van der Waals surface area contributed by atoms with Crippen LogP contribution in [0.25, 0.3) is 16.6 Å². The quantitative estimate of drug-likeness (QED) is 0.421. The van der Waals surface area contributed by atoms with Crippen molar-refractivity contribution in [1.82, 2.24) is 14.5 Å². The number of carbonyl (C=O) groups is 1. The van der Waals surface area contributed by atoms with Crippen LogP contribution in [0, 0.1) is 5.41 Å². The number of rotatable bonds is 8. The molecule has 0 spiro atoms. The highest BCUT2D eigenvalue weighted by molar-refractivity contribution is 5.79. The van der Waals surface area contributed by atoms with Gasteiger partial charge in [-0.3, -0.25) is 14.2 Å². The zero-order valence-electron chi connectivity index (χ0n) is 20.9. The molecule has 1 atom stereocenters. The molecule has 0 N–H and O–H groups in total. The molecule has 1 unspecified atom stereocenters. The number of carbonyl (C=O) groups excluding carboxylic acids is 1. The summed E-state index contributed by atoms with van der Waals surface area (Å²) in [6, 6.07) is 15.2. The molecular formula is C28H37N3O2. The van der Waals surface area contributed by atoms with E-state index < -0.39 is 0 Å². The minimum absolute atomic E-state index is 0.0991. The molecule has 0 aliphatic carbocycles. The number of aromatic nitrogens is 2. The van der Waals surface area contributed by atoms with Crippen molar-refractivity contribution in [2.45, 2.75) is 73.3 Å². The molecule has 0 saturated carbocycles. The van der Waals surface area contributed by atoms with Crippen LogP contribution < -0.4 is 5.56 Å². The average molecular weight is 448 g/mol. The first-order valence-electron chi connectivity index (χ1n) is 12.1. The maximum Gasteiger partial charge on any atom is 0.266 e. The molecule has 3 aromatic rings. The fourth-order valence-electron chi connectivity index (χ4n) is 4.30. The summed E-state index contributed by atoms with van der Waals surface area (Å²) in [4.78, 5) is 34.0. The van der Waals surface area contributed by atoms with Crippen molar-refractivity contribution in [3.63, 3.8) is 0 Å². The molecule has 0 fully saturated rings. The van der Waals surface area contributed by atoms with Crippen molar-refractivity contribution in [2.75, 3.05) is 6.54 Å².